The van der Waals surface area contributed by atoms with E-state index in [-0.39, 0.29) is 18.3 Å². The summed E-state index contributed by atoms with van der Waals surface area (Å²) < 4.78 is 5.77. The van der Waals surface area contributed by atoms with Crippen molar-refractivity contribution in [1.82, 2.24) is 10.6 Å². The smallest absolute Gasteiger partial charge is 0.251 e. The maximum Gasteiger partial charge on any atom is 0.251 e. The molecule has 0 spiro atoms. The molecule has 2 aromatic rings. The summed E-state index contributed by atoms with van der Waals surface area (Å²) in [6, 6.07) is 17.7. The van der Waals surface area contributed by atoms with Crippen LogP contribution in [-0.2, 0) is 6.61 Å². The van der Waals surface area contributed by atoms with Gasteiger partial charge in [-0.1, -0.05) is 36.4 Å². The molecule has 0 aliphatic carbocycles. The molecule has 5 heteroatoms. The Hall–Kier alpha value is -2.04. The Balaban J connectivity index is 0.00000208. The first-order valence-corrected chi connectivity index (χ1v) is 8.09. The Labute approximate surface area is 149 Å². The van der Waals surface area contributed by atoms with Gasteiger partial charge in [0.2, 0.25) is 0 Å². The van der Waals surface area contributed by atoms with Crippen LogP contribution in [0.5, 0.6) is 5.75 Å². The van der Waals surface area contributed by atoms with Gasteiger partial charge in [0.05, 0.1) is 0 Å². The summed E-state index contributed by atoms with van der Waals surface area (Å²) in [6.45, 7) is 2.22. The number of rotatable bonds is 6. The highest BCUT2D eigenvalue weighted by Crippen LogP contribution is 2.15. The molecule has 1 saturated heterocycles. The molecule has 4 nitrogen and oxygen atoms in total. The number of nitrogens with one attached hydrogen (secondary N) is 2. The fourth-order valence-electron chi connectivity index (χ4n) is 2.72. The summed E-state index contributed by atoms with van der Waals surface area (Å²) in [6.07, 6.45) is 2.31. The van der Waals surface area contributed by atoms with E-state index in [0.717, 1.165) is 18.5 Å². The van der Waals surface area contributed by atoms with E-state index in [9.17, 15) is 4.79 Å². The number of amides is 1. The summed E-state index contributed by atoms with van der Waals surface area (Å²) in [7, 11) is 0. The molecule has 0 aromatic heterocycles. The van der Waals surface area contributed by atoms with Gasteiger partial charge in [0.25, 0.3) is 5.91 Å². The van der Waals surface area contributed by atoms with Crippen LogP contribution in [0, 0.1) is 0 Å². The topological polar surface area (TPSA) is 50.4 Å². The molecule has 1 heterocycles. The highest BCUT2D eigenvalue weighted by molar-refractivity contribution is 5.94. The maximum absolute atomic E-state index is 12.2. The van der Waals surface area contributed by atoms with Crippen molar-refractivity contribution in [3.8, 4) is 5.75 Å². The Morgan fingerprint density at radius 2 is 2.00 bits per heavy atom. The molecule has 1 aliphatic rings. The van der Waals surface area contributed by atoms with E-state index in [1.54, 1.807) is 6.07 Å². The first kappa shape index (κ1) is 18.3. The largest absolute Gasteiger partial charge is 0.489 e. The second-order valence-electron chi connectivity index (χ2n) is 5.81. The quantitative estimate of drug-likeness (QED) is 0.844. The van der Waals surface area contributed by atoms with E-state index >= 15 is 0 Å². The Morgan fingerprint density at radius 1 is 1.17 bits per heavy atom. The molecule has 24 heavy (non-hydrogen) atoms. The van der Waals surface area contributed by atoms with Crippen LogP contribution in [0.1, 0.15) is 28.8 Å². The van der Waals surface area contributed by atoms with Crippen LogP contribution in [0.25, 0.3) is 0 Å². The SMILES string of the molecule is Cl.O=C(NCC1CCCN1)c1cccc(OCc2ccccc2)c1. The third kappa shape index (κ3) is 5.25. The van der Waals surface area contributed by atoms with Crippen LogP contribution >= 0.6 is 12.4 Å². The van der Waals surface area contributed by atoms with Gasteiger partial charge in [0.1, 0.15) is 12.4 Å². The third-order valence-electron chi connectivity index (χ3n) is 4.02. The van der Waals surface area contributed by atoms with E-state index < -0.39 is 0 Å². The monoisotopic (exact) mass is 346 g/mol. The third-order valence-corrected chi connectivity index (χ3v) is 4.02. The second kappa shape index (κ2) is 9.30. The van der Waals surface area contributed by atoms with Crippen molar-refractivity contribution in [3.05, 3.63) is 65.7 Å². The summed E-state index contributed by atoms with van der Waals surface area (Å²) in [5.41, 5.74) is 1.74. The average Bonchev–Trinajstić information content (AvgIpc) is 3.12. The fourth-order valence-corrected chi connectivity index (χ4v) is 2.72. The van der Waals surface area contributed by atoms with Crippen LogP contribution in [0.15, 0.2) is 54.6 Å². The minimum atomic E-state index is -0.0520. The van der Waals surface area contributed by atoms with Crippen molar-refractivity contribution in [1.29, 1.82) is 0 Å². The Kier molecular flexibility index (Phi) is 7.09. The number of hydrogen-bond donors (Lipinski definition) is 2. The van der Waals surface area contributed by atoms with Crippen molar-refractivity contribution >= 4 is 18.3 Å². The fraction of sp³-hybridized carbons (Fsp3) is 0.316. The zero-order valence-electron chi connectivity index (χ0n) is 13.5. The predicted octanol–water partition coefficient (Wildman–Crippen LogP) is 3.17. The second-order valence-corrected chi connectivity index (χ2v) is 5.81. The van der Waals surface area contributed by atoms with Crippen molar-refractivity contribution < 1.29 is 9.53 Å². The molecule has 0 saturated carbocycles. The minimum Gasteiger partial charge on any atom is -0.489 e. The number of halogens is 1. The number of ether oxygens (including phenoxy) is 1. The summed E-state index contributed by atoms with van der Waals surface area (Å²) >= 11 is 0. The van der Waals surface area contributed by atoms with Gasteiger partial charge in [-0.25, -0.2) is 0 Å². The van der Waals surface area contributed by atoms with Crippen LogP contribution < -0.4 is 15.4 Å². The first-order chi connectivity index (χ1) is 11.3. The van der Waals surface area contributed by atoms with Crippen LogP contribution in [0.2, 0.25) is 0 Å². The lowest BCUT2D eigenvalue weighted by atomic mass is 10.2. The zero-order valence-corrected chi connectivity index (χ0v) is 14.4. The molecule has 1 unspecified atom stereocenters. The lowest BCUT2D eigenvalue weighted by molar-refractivity contribution is 0.0950. The van der Waals surface area contributed by atoms with Gasteiger partial charge < -0.3 is 15.4 Å². The van der Waals surface area contributed by atoms with E-state index in [1.165, 1.54) is 6.42 Å². The van der Waals surface area contributed by atoms with Crippen molar-refractivity contribution in [2.45, 2.75) is 25.5 Å². The average molecular weight is 347 g/mol. The number of benzene rings is 2. The van der Waals surface area contributed by atoms with Gasteiger partial charge >= 0.3 is 0 Å². The molecule has 0 radical (unpaired) electrons. The van der Waals surface area contributed by atoms with Gasteiger partial charge in [-0.05, 0) is 43.1 Å². The zero-order chi connectivity index (χ0) is 15.9. The van der Waals surface area contributed by atoms with Crippen molar-refractivity contribution in [3.63, 3.8) is 0 Å². The highest BCUT2D eigenvalue weighted by atomic mass is 35.5. The lowest BCUT2D eigenvalue weighted by Gasteiger charge is -2.12. The van der Waals surface area contributed by atoms with Gasteiger partial charge in [0.15, 0.2) is 0 Å². The molecule has 3 rings (SSSR count). The predicted molar refractivity (Wildman–Crippen MR) is 97.8 cm³/mol. The molecule has 1 fully saturated rings. The van der Waals surface area contributed by atoms with Crippen LogP contribution in [0.3, 0.4) is 0 Å². The molecule has 0 bridgehead atoms. The Bertz CT molecular complexity index is 643. The van der Waals surface area contributed by atoms with Crippen LogP contribution in [-0.4, -0.2) is 25.0 Å². The summed E-state index contributed by atoms with van der Waals surface area (Å²) in [4.78, 5) is 12.2. The summed E-state index contributed by atoms with van der Waals surface area (Å²) in [5.74, 6) is 0.657. The van der Waals surface area contributed by atoms with Gasteiger partial charge in [0, 0.05) is 18.2 Å². The van der Waals surface area contributed by atoms with Gasteiger partial charge in [-0.15, -0.1) is 12.4 Å². The van der Waals surface area contributed by atoms with Gasteiger partial charge in [-0.2, -0.15) is 0 Å². The normalized spacial score (nSPS) is 16.2. The lowest BCUT2D eigenvalue weighted by Crippen LogP contribution is -2.37. The van der Waals surface area contributed by atoms with Crippen molar-refractivity contribution in [2.75, 3.05) is 13.1 Å². The van der Waals surface area contributed by atoms with E-state index in [4.69, 9.17) is 4.74 Å². The molecule has 2 N–H and O–H groups in total. The van der Waals surface area contributed by atoms with E-state index in [0.29, 0.717) is 30.5 Å². The maximum atomic E-state index is 12.2. The van der Waals surface area contributed by atoms with E-state index in [2.05, 4.69) is 10.6 Å². The highest BCUT2D eigenvalue weighted by Gasteiger charge is 2.15. The standard InChI is InChI=1S/C19H22N2O2.ClH/c22-19(21-13-17-9-5-11-20-17)16-8-4-10-18(12-16)23-14-15-6-2-1-3-7-15;/h1-4,6-8,10,12,17,20H,5,9,11,13-14H2,(H,21,22);1H. The first-order valence-electron chi connectivity index (χ1n) is 8.09. The molecule has 2 aromatic carbocycles. The molecular formula is C19H23ClN2O2. The van der Waals surface area contributed by atoms with Crippen molar-refractivity contribution in [2.24, 2.45) is 0 Å². The van der Waals surface area contributed by atoms with Gasteiger partial charge in [-0.3, -0.25) is 4.79 Å². The van der Waals surface area contributed by atoms with Crippen LogP contribution in [0.4, 0.5) is 0 Å². The van der Waals surface area contributed by atoms with E-state index in [1.807, 2.05) is 48.5 Å². The Morgan fingerprint density at radius 3 is 2.75 bits per heavy atom. The number of carbonyl (C=O) groups excluding carboxylic acids is 1. The molecule has 1 amide bonds. The number of carbonyl (C=O) groups is 1. The molecule has 128 valence electrons. The molecular weight excluding hydrogens is 324 g/mol. The molecule has 1 aliphatic heterocycles. The molecule has 1 atom stereocenters. The summed E-state index contributed by atoms with van der Waals surface area (Å²) in [5, 5.41) is 6.36. The number of hydrogen-bond acceptors (Lipinski definition) is 3. The minimum absolute atomic E-state index is 0.